The zero-order valence-electron chi connectivity index (χ0n) is 15.3. The number of carbonyl (C=O) groups is 3. The largest absolute Gasteiger partial charge is 0.480 e. The van der Waals surface area contributed by atoms with Gasteiger partial charge in [-0.3, -0.25) is 14.4 Å². The number of fused-ring (bicyclic) bond motifs is 1. The van der Waals surface area contributed by atoms with Crippen molar-refractivity contribution in [2.45, 2.75) is 32.2 Å². The molecule has 7 nitrogen and oxygen atoms in total. The lowest BCUT2D eigenvalue weighted by Gasteiger charge is -2.28. The Hall–Kier alpha value is -2.96. The highest BCUT2D eigenvalue weighted by atomic mass is 16.4. The summed E-state index contributed by atoms with van der Waals surface area (Å²) in [6.45, 7) is 2.12. The Morgan fingerprint density at radius 3 is 2.67 bits per heavy atom. The normalized spacial score (nSPS) is 17.4. The molecule has 2 aromatic rings. The fourth-order valence-corrected chi connectivity index (χ4v) is 3.58. The molecule has 1 saturated heterocycles. The van der Waals surface area contributed by atoms with Gasteiger partial charge in [0.25, 0.3) is 5.91 Å². The van der Waals surface area contributed by atoms with E-state index >= 15 is 0 Å². The summed E-state index contributed by atoms with van der Waals surface area (Å²) in [5.74, 6) is -1.41. The number of carboxylic acids is 1. The zero-order chi connectivity index (χ0) is 19.4. The van der Waals surface area contributed by atoms with E-state index < -0.39 is 5.97 Å². The highest BCUT2D eigenvalue weighted by molar-refractivity contribution is 5.95. The molecular weight excluding hydrogens is 346 g/mol. The molecule has 0 aliphatic carbocycles. The molecule has 1 aliphatic rings. The van der Waals surface area contributed by atoms with Gasteiger partial charge in [0.2, 0.25) is 5.91 Å². The second-order valence-corrected chi connectivity index (χ2v) is 6.81. The predicted molar refractivity (Wildman–Crippen MR) is 100 cm³/mol. The van der Waals surface area contributed by atoms with Crippen molar-refractivity contribution in [1.82, 2.24) is 14.8 Å². The highest BCUT2D eigenvalue weighted by Crippen LogP contribution is 2.19. The lowest BCUT2D eigenvalue weighted by Crippen LogP contribution is -2.43. The van der Waals surface area contributed by atoms with Crippen LogP contribution in [0.1, 0.15) is 36.7 Å². The third kappa shape index (κ3) is 4.42. The van der Waals surface area contributed by atoms with E-state index in [1.165, 1.54) is 11.8 Å². The first-order chi connectivity index (χ1) is 13.0. The molecule has 1 aromatic heterocycles. The van der Waals surface area contributed by atoms with E-state index in [2.05, 4.69) is 4.98 Å². The van der Waals surface area contributed by atoms with E-state index in [0.717, 1.165) is 10.9 Å². The van der Waals surface area contributed by atoms with Gasteiger partial charge in [0.15, 0.2) is 0 Å². The van der Waals surface area contributed by atoms with Crippen molar-refractivity contribution in [2.75, 3.05) is 19.6 Å². The zero-order valence-corrected chi connectivity index (χ0v) is 15.3. The minimum Gasteiger partial charge on any atom is -0.480 e. The number of para-hydroxylation sites is 1. The van der Waals surface area contributed by atoms with Crippen LogP contribution in [0, 0.1) is 0 Å². The Morgan fingerprint density at radius 2 is 1.93 bits per heavy atom. The molecule has 2 heterocycles. The van der Waals surface area contributed by atoms with Crippen molar-refractivity contribution in [3.63, 3.8) is 0 Å². The molecule has 7 heteroatoms. The molecule has 2 amide bonds. The molecule has 1 atom stereocenters. The molecule has 1 N–H and O–H groups in total. The Morgan fingerprint density at radius 1 is 1.15 bits per heavy atom. The molecule has 0 bridgehead atoms. The molecular formula is C20H23N3O4. The van der Waals surface area contributed by atoms with Gasteiger partial charge in [0.05, 0.1) is 5.52 Å². The number of amides is 2. The summed E-state index contributed by atoms with van der Waals surface area (Å²) in [5, 5.41) is 10.0. The summed E-state index contributed by atoms with van der Waals surface area (Å²) in [5.41, 5.74) is 1.18. The van der Waals surface area contributed by atoms with Gasteiger partial charge in [-0.05, 0) is 31.4 Å². The third-order valence-corrected chi connectivity index (χ3v) is 4.95. The van der Waals surface area contributed by atoms with Crippen molar-refractivity contribution in [3.8, 4) is 0 Å². The van der Waals surface area contributed by atoms with E-state index in [-0.39, 0.29) is 24.4 Å². The van der Waals surface area contributed by atoms with Gasteiger partial charge in [-0.2, -0.15) is 0 Å². The summed E-state index contributed by atoms with van der Waals surface area (Å²) < 4.78 is 0. The highest BCUT2D eigenvalue weighted by Gasteiger charge is 2.28. The minimum absolute atomic E-state index is 0.131. The third-order valence-electron chi connectivity index (χ3n) is 4.95. The summed E-state index contributed by atoms with van der Waals surface area (Å²) in [4.78, 5) is 43.3. The van der Waals surface area contributed by atoms with Crippen molar-refractivity contribution in [3.05, 3.63) is 42.1 Å². The summed E-state index contributed by atoms with van der Waals surface area (Å²) >= 11 is 0. The van der Waals surface area contributed by atoms with Crippen LogP contribution in [0.4, 0.5) is 0 Å². The van der Waals surface area contributed by atoms with Crippen LogP contribution in [0.3, 0.4) is 0 Å². The van der Waals surface area contributed by atoms with Crippen LogP contribution >= 0.6 is 0 Å². The Kier molecular flexibility index (Phi) is 5.69. The lowest BCUT2D eigenvalue weighted by molar-refractivity contribution is -0.145. The van der Waals surface area contributed by atoms with E-state index in [1.54, 1.807) is 11.0 Å². The molecule has 0 unspecified atom stereocenters. The number of aromatic nitrogens is 1. The molecule has 0 radical (unpaired) electrons. The number of likely N-dealkylation sites (tertiary alicyclic amines) is 1. The van der Waals surface area contributed by atoms with Crippen LogP contribution in [-0.2, 0) is 9.59 Å². The molecule has 27 heavy (non-hydrogen) atoms. The number of hydrogen-bond donors (Lipinski definition) is 1. The van der Waals surface area contributed by atoms with E-state index in [1.807, 2.05) is 30.3 Å². The van der Waals surface area contributed by atoms with E-state index in [9.17, 15) is 14.4 Å². The van der Waals surface area contributed by atoms with Crippen LogP contribution in [0.25, 0.3) is 10.9 Å². The standard InChI is InChI=1S/C20H23N3O4/c1-14(24)23(13-19(25)26)16-6-4-11-22(12-10-16)20(27)18-9-8-15-5-2-3-7-17(15)21-18/h2-3,5,7-9,16H,4,6,10-13H2,1H3,(H,25,26)/t16-/m0/s1. The maximum absolute atomic E-state index is 12.9. The summed E-state index contributed by atoms with van der Waals surface area (Å²) in [7, 11) is 0. The Labute approximate surface area is 157 Å². The van der Waals surface area contributed by atoms with Crippen LogP contribution < -0.4 is 0 Å². The Bertz CT molecular complexity index is 867. The second kappa shape index (κ2) is 8.16. The maximum Gasteiger partial charge on any atom is 0.323 e. The van der Waals surface area contributed by atoms with E-state index in [4.69, 9.17) is 5.11 Å². The quantitative estimate of drug-likeness (QED) is 0.892. The van der Waals surface area contributed by atoms with Gasteiger partial charge in [0, 0.05) is 31.4 Å². The first kappa shape index (κ1) is 18.8. The van der Waals surface area contributed by atoms with Gasteiger partial charge >= 0.3 is 5.97 Å². The van der Waals surface area contributed by atoms with Crippen LogP contribution in [-0.4, -0.2) is 63.4 Å². The molecule has 1 fully saturated rings. The summed E-state index contributed by atoms with van der Waals surface area (Å²) in [6.07, 6.45) is 1.96. The first-order valence-electron chi connectivity index (χ1n) is 9.10. The maximum atomic E-state index is 12.9. The van der Waals surface area contributed by atoms with Gasteiger partial charge < -0.3 is 14.9 Å². The number of carboxylic acid groups (broad SMARTS) is 1. The van der Waals surface area contributed by atoms with Gasteiger partial charge in [-0.15, -0.1) is 0 Å². The minimum atomic E-state index is -1.03. The second-order valence-electron chi connectivity index (χ2n) is 6.81. The van der Waals surface area contributed by atoms with Gasteiger partial charge in [0.1, 0.15) is 12.2 Å². The Balaban J connectivity index is 1.71. The number of hydrogen-bond acceptors (Lipinski definition) is 4. The molecule has 1 aromatic carbocycles. The van der Waals surface area contributed by atoms with Crippen molar-refractivity contribution in [1.29, 1.82) is 0 Å². The van der Waals surface area contributed by atoms with Gasteiger partial charge in [-0.25, -0.2) is 4.98 Å². The molecule has 3 rings (SSSR count). The first-order valence-corrected chi connectivity index (χ1v) is 9.10. The average molecular weight is 369 g/mol. The number of benzene rings is 1. The SMILES string of the molecule is CC(=O)N(CC(=O)O)[C@H]1CCCN(C(=O)c2ccc3ccccc3n2)CC1. The smallest absolute Gasteiger partial charge is 0.323 e. The molecule has 1 aliphatic heterocycles. The van der Waals surface area contributed by atoms with Crippen molar-refractivity contribution >= 4 is 28.7 Å². The van der Waals surface area contributed by atoms with Crippen LogP contribution in [0.5, 0.6) is 0 Å². The van der Waals surface area contributed by atoms with E-state index in [0.29, 0.717) is 38.0 Å². The number of aliphatic carboxylic acids is 1. The predicted octanol–water partition coefficient (Wildman–Crippen LogP) is 2.16. The molecule has 142 valence electrons. The topological polar surface area (TPSA) is 90.8 Å². The average Bonchev–Trinajstić information content (AvgIpc) is 2.91. The monoisotopic (exact) mass is 369 g/mol. The van der Waals surface area contributed by atoms with Crippen LogP contribution in [0.2, 0.25) is 0 Å². The molecule has 0 saturated carbocycles. The number of carbonyl (C=O) groups excluding carboxylic acids is 2. The fourth-order valence-electron chi connectivity index (χ4n) is 3.58. The van der Waals surface area contributed by atoms with Gasteiger partial charge in [-0.1, -0.05) is 24.3 Å². The lowest BCUT2D eigenvalue weighted by atomic mass is 10.1. The fraction of sp³-hybridized carbons (Fsp3) is 0.400. The van der Waals surface area contributed by atoms with Crippen molar-refractivity contribution < 1.29 is 19.5 Å². The number of pyridine rings is 1. The summed E-state index contributed by atoms with van der Waals surface area (Å²) in [6, 6.07) is 11.1. The molecule has 0 spiro atoms. The number of nitrogens with zero attached hydrogens (tertiary/aromatic N) is 3. The van der Waals surface area contributed by atoms with Crippen molar-refractivity contribution in [2.24, 2.45) is 0 Å². The number of rotatable bonds is 4. The van der Waals surface area contributed by atoms with Crippen LogP contribution in [0.15, 0.2) is 36.4 Å².